The van der Waals surface area contributed by atoms with E-state index in [-0.39, 0.29) is 11.5 Å². The highest BCUT2D eigenvalue weighted by molar-refractivity contribution is 6.31. The maximum absolute atomic E-state index is 11.7. The molecule has 0 spiro atoms. The highest BCUT2D eigenvalue weighted by atomic mass is 35.5. The third-order valence-corrected chi connectivity index (χ3v) is 3.96. The van der Waals surface area contributed by atoms with Crippen molar-refractivity contribution in [3.63, 3.8) is 0 Å². The van der Waals surface area contributed by atoms with Gasteiger partial charge in [0, 0.05) is 16.8 Å². The Kier molecular flexibility index (Phi) is 4.22. The first-order valence-corrected chi connectivity index (χ1v) is 7.71. The van der Waals surface area contributed by atoms with Crippen molar-refractivity contribution in [3.8, 4) is 22.6 Å². The van der Waals surface area contributed by atoms with E-state index in [4.69, 9.17) is 17.3 Å². The molecule has 6 nitrogen and oxygen atoms in total. The molecule has 7 heteroatoms. The van der Waals surface area contributed by atoms with E-state index < -0.39 is 5.97 Å². The van der Waals surface area contributed by atoms with Gasteiger partial charge in [-0.25, -0.2) is 14.8 Å². The van der Waals surface area contributed by atoms with Crippen molar-refractivity contribution in [3.05, 3.63) is 52.7 Å². The molecule has 3 aromatic rings. The van der Waals surface area contributed by atoms with Crippen LogP contribution in [0.5, 0.6) is 0 Å². The number of aryl methyl sites for hydroxylation is 1. The molecule has 0 radical (unpaired) electrons. The number of carboxylic acid groups (broad SMARTS) is 1. The molecule has 4 N–H and O–H groups in total. The van der Waals surface area contributed by atoms with Crippen LogP contribution < -0.4 is 5.73 Å². The van der Waals surface area contributed by atoms with E-state index in [9.17, 15) is 9.90 Å². The van der Waals surface area contributed by atoms with Gasteiger partial charge in [0.1, 0.15) is 0 Å². The van der Waals surface area contributed by atoms with Gasteiger partial charge in [-0.15, -0.1) is 0 Å². The number of anilines is 1. The van der Waals surface area contributed by atoms with Crippen LogP contribution in [-0.4, -0.2) is 26.0 Å². The zero-order valence-corrected chi connectivity index (χ0v) is 13.6. The molecule has 0 bridgehead atoms. The van der Waals surface area contributed by atoms with Crippen LogP contribution in [0.15, 0.2) is 36.5 Å². The van der Waals surface area contributed by atoms with E-state index >= 15 is 0 Å². The number of carbonyl (C=O) groups is 1. The topological polar surface area (TPSA) is 105 Å². The van der Waals surface area contributed by atoms with Gasteiger partial charge < -0.3 is 15.8 Å². The van der Waals surface area contributed by atoms with Gasteiger partial charge in [0.25, 0.3) is 0 Å². The Bertz CT molecular complexity index is 921. The summed E-state index contributed by atoms with van der Waals surface area (Å²) in [6.45, 7) is 2.00. The fourth-order valence-corrected chi connectivity index (χ4v) is 2.76. The van der Waals surface area contributed by atoms with E-state index in [0.29, 0.717) is 22.1 Å². The molecule has 2 heterocycles. The second kappa shape index (κ2) is 6.33. The lowest BCUT2D eigenvalue weighted by atomic mass is 10.00. The summed E-state index contributed by atoms with van der Waals surface area (Å²) in [6.07, 6.45) is 2.27. The SMILES string of the molecule is CCc1ccc(Cl)cc1-c1[nH]c(-c2ccnc(N)n2)cc1C(=O)O. The highest BCUT2D eigenvalue weighted by Crippen LogP contribution is 2.32. The number of benzene rings is 1. The van der Waals surface area contributed by atoms with Crippen LogP contribution in [0.3, 0.4) is 0 Å². The van der Waals surface area contributed by atoms with Crippen LogP contribution in [0.25, 0.3) is 22.6 Å². The summed E-state index contributed by atoms with van der Waals surface area (Å²) >= 11 is 6.10. The van der Waals surface area contributed by atoms with Gasteiger partial charge in [-0.1, -0.05) is 24.6 Å². The normalized spacial score (nSPS) is 10.8. The second-order valence-electron chi connectivity index (χ2n) is 5.23. The first-order chi connectivity index (χ1) is 11.5. The maximum Gasteiger partial charge on any atom is 0.337 e. The number of aromatic carboxylic acids is 1. The number of nitrogens with two attached hydrogens (primary N) is 1. The molecule has 122 valence electrons. The summed E-state index contributed by atoms with van der Waals surface area (Å²) in [5.74, 6) is -0.908. The van der Waals surface area contributed by atoms with Crippen LogP contribution >= 0.6 is 11.6 Å². The number of hydrogen-bond acceptors (Lipinski definition) is 4. The molecule has 24 heavy (non-hydrogen) atoms. The molecule has 2 aromatic heterocycles. The van der Waals surface area contributed by atoms with E-state index in [1.807, 2.05) is 13.0 Å². The Morgan fingerprint density at radius 3 is 2.79 bits per heavy atom. The van der Waals surface area contributed by atoms with Crippen LogP contribution in [0.2, 0.25) is 5.02 Å². The number of H-pyrrole nitrogens is 1. The summed E-state index contributed by atoms with van der Waals surface area (Å²) in [4.78, 5) is 22.8. The van der Waals surface area contributed by atoms with E-state index in [2.05, 4.69) is 15.0 Å². The molecule has 0 amide bonds. The molecule has 0 fully saturated rings. The average molecular weight is 343 g/mol. The van der Waals surface area contributed by atoms with Gasteiger partial charge >= 0.3 is 5.97 Å². The quantitative estimate of drug-likeness (QED) is 0.671. The van der Waals surface area contributed by atoms with E-state index in [0.717, 1.165) is 17.5 Å². The standard InChI is InChI=1S/C17H15ClN4O2/c1-2-9-3-4-10(18)7-11(9)15-12(16(23)24)8-14(21-15)13-5-6-20-17(19)22-13/h3-8,21H,2H2,1H3,(H,23,24)(H2,19,20,22). The van der Waals surface area contributed by atoms with Crippen molar-refractivity contribution in [2.45, 2.75) is 13.3 Å². The fourth-order valence-electron chi connectivity index (χ4n) is 2.59. The maximum atomic E-state index is 11.7. The Balaban J connectivity index is 2.22. The number of hydrogen-bond donors (Lipinski definition) is 3. The zero-order chi connectivity index (χ0) is 17.3. The molecule has 0 aliphatic rings. The number of aromatic amines is 1. The van der Waals surface area contributed by atoms with Gasteiger partial charge in [0.2, 0.25) is 5.95 Å². The lowest BCUT2D eigenvalue weighted by Crippen LogP contribution is -1.98. The summed E-state index contributed by atoms with van der Waals surface area (Å²) in [7, 11) is 0. The first-order valence-electron chi connectivity index (χ1n) is 7.33. The number of nitrogen functional groups attached to an aromatic ring is 1. The van der Waals surface area contributed by atoms with E-state index in [1.54, 1.807) is 24.3 Å². The van der Waals surface area contributed by atoms with Crippen LogP contribution in [0, 0.1) is 0 Å². The number of carboxylic acids is 1. The van der Waals surface area contributed by atoms with Gasteiger partial charge in [0.05, 0.1) is 22.6 Å². The minimum atomic E-state index is -1.03. The van der Waals surface area contributed by atoms with Gasteiger partial charge in [0.15, 0.2) is 0 Å². The first kappa shape index (κ1) is 16.0. The van der Waals surface area contributed by atoms with E-state index in [1.165, 1.54) is 6.20 Å². The molecule has 0 saturated heterocycles. The van der Waals surface area contributed by atoms with Crippen molar-refractivity contribution >= 4 is 23.5 Å². The lowest BCUT2D eigenvalue weighted by molar-refractivity contribution is 0.0698. The molecular formula is C17H15ClN4O2. The second-order valence-corrected chi connectivity index (χ2v) is 5.67. The summed E-state index contributed by atoms with van der Waals surface area (Å²) in [6, 6.07) is 8.65. The molecule has 0 aliphatic heterocycles. The van der Waals surface area contributed by atoms with Crippen molar-refractivity contribution in [1.29, 1.82) is 0 Å². The molecular weight excluding hydrogens is 328 g/mol. The number of aromatic nitrogens is 3. The number of rotatable bonds is 4. The van der Waals surface area contributed by atoms with Crippen LogP contribution in [-0.2, 0) is 6.42 Å². The largest absolute Gasteiger partial charge is 0.478 e. The molecule has 0 atom stereocenters. The molecule has 0 saturated carbocycles. The third-order valence-electron chi connectivity index (χ3n) is 3.72. The lowest BCUT2D eigenvalue weighted by Gasteiger charge is -2.08. The summed E-state index contributed by atoms with van der Waals surface area (Å²) in [5.41, 5.74) is 9.09. The van der Waals surface area contributed by atoms with Crippen molar-refractivity contribution in [2.75, 3.05) is 5.73 Å². The smallest absolute Gasteiger partial charge is 0.337 e. The predicted molar refractivity (Wildman–Crippen MR) is 93.0 cm³/mol. The fraction of sp³-hybridized carbons (Fsp3) is 0.118. The minimum Gasteiger partial charge on any atom is -0.478 e. The molecule has 1 aromatic carbocycles. The third kappa shape index (κ3) is 2.96. The number of nitrogens with zero attached hydrogens (tertiary/aromatic N) is 2. The highest BCUT2D eigenvalue weighted by Gasteiger charge is 2.19. The van der Waals surface area contributed by atoms with Gasteiger partial charge in [-0.3, -0.25) is 0 Å². The monoisotopic (exact) mass is 342 g/mol. The Hall–Kier alpha value is -2.86. The number of nitrogens with one attached hydrogen (secondary N) is 1. The predicted octanol–water partition coefficient (Wildman–Crippen LogP) is 3.63. The van der Waals surface area contributed by atoms with Crippen molar-refractivity contribution in [1.82, 2.24) is 15.0 Å². The Labute approximate surface area is 143 Å². The molecule has 3 rings (SSSR count). The zero-order valence-electron chi connectivity index (χ0n) is 12.9. The summed E-state index contributed by atoms with van der Waals surface area (Å²) < 4.78 is 0. The van der Waals surface area contributed by atoms with Crippen molar-refractivity contribution < 1.29 is 9.90 Å². The van der Waals surface area contributed by atoms with Gasteiger partial charge in [-0.05, 0) is 36.2 Å². The summed E-state index contributed by atoms with van der Waals surface area (Å²) in [5, 5.41) is 10.1. The van der Waals surface area contributed by atoms with Gasteiger partial charge in [-0.2, -0.15) is 0 Å². The van der Waals surface area contributed by atoms with Crippen LogP contribution in [0.1, 0.15) is 22.8 Å². The Morgan fingerprint density at radius 1 is 1.33 bits per heavy atom. The molecule has 0 aliphatic carbocycles. The average Bonchev–Trinajstić information content (AvgIpc) is 3.00. The molecule has 0 unspecified atom stereocenters. The minimum absolute atomic E-state index is 0.123. The number of halogens is 1. The van der Waals surface area contributed by atoms with Crippen molar-refractivity contribution in [2.24, 2.45) is 0 Å². The Morgan fingerprint density at radius 2 is 2.12 bits per heavy atom. The van der Waals surface area contributed by atoms with Crippen LogP contribution in [0.4, 0.5) is 5.95 Å².